The van der Waals surface area contributed by atoms with E-state index in [-0.39, 0.29) is 23.8 Å². The van der Waals surface area contributed by atoms with Gasteiger partial charge < -0.3 is 24.8 Å². The second-order valence-electron chi connectivity index (χ2n) is 9.77. The van der Waals surface area contributed by atoms with Gasteiger partial charge in [0.1, 0.15) is 5.60 Å². The van der Waals surface area contributed by atoms with Crippen LogP contribution in [0.5, 0.6) is 0 Å². The number of carbonyl (C=O) groups excluding carboxylic acids is 4. The molecule has 0 spiro atoms. The molecule has 0 heterocycles. The monoisotopic (exact) mass is 586 g/mol. The van der Waals surface area contributed by atoms with Crippen LogP contribution in [0.3, 0.4) is 0 Å². The number of benzene rings is 2. The number of nitrogens with zero attached hydrogens (tertiary/aromatic N) is 2. The van der Waals surface area contributed by atoms with Gasteiger partial charge in [-0.1, -0.05) is 0 Å². The number of anilines is 3. The summed E-state index contributed by atoms with van der Waals surface area (Å²) in [7, 11) is 0. The third-order valence-corrected chi connectivity index (χ3v) is 5.48. The number of carboxylic acids is 1. The number of esters is 1. The molecular formula is C28H31ClN4O8. The molecule has 0 unspecified atom stereocenters. The lowest BCUT2D eigenvalue weighted by molar-refractivity contribution is -0.160. The predicted octanol–water partition coefficient (Wildman–Crippen LogP) is 4.14. The van der Waals surface area contributed by atoms with Crippen LogP contribution in [0.15, 0.2) is 48.5 Å². The fraction of sp³-hybridized carbons (Fsp3) is 0.357. The van der Waals surface area contributed by atoms with E-state index in [1.807, 2.05) is 6.07 Å². The van der Waals surface area contributed by atoms with Crippen LogP contribution >= 0.6 is 11.6 Å². The molecule has 218 valence electrons. The average Bonchev–Trinajstić information content (AvgIpc) is 2.88. The Morgan fingerprint density at radius 1 is 1.00 bits per heavy atom. The summed E-state index contributed by atoms with van der Waals surface area (Å²) < 4.78 is 10.4. The highest BCUT2D eigenvalue weighted by Crippen LogP contribution is 2.25. The van der Waals surface area contributed by atoms with Crippen LogP contribution in [0, 0.1) is 17.2 Å². The molecule has 0 saturated heterocycles. The number of hydrogen-bond acceptors (Lipinski definition) is 8. The van der Waals surface area contributed by atoms with E-state index < -0.39 is 53.9 Å². The van der Waals surface area contributed by atoms with Crippen molar-refractivity contribution in [1.82, 2.24) is 0 Å². The van der Waals surface area contributed by atoms with Gasteiger partial charge in [0.15, 0.2) is 6.10 Å². The van der Waals surface area contributed by atoms with Gasteiger partial charge in [0.05, 0.1) is 24.0 Å². The molecule has 0 saturated carbocycles. The van der Waals surface area contributed by atoms with E-state index in [1.165, 1.54) is 53.4 Å². The summed E-state index contributed by atoms with van der Waals surface area (Å²) in [4.78, 5) is 63.9. The SMILES string of the molecule is CC(=O)O[C@@H](C(=O)Nc1ccc(C#N)cc1)[C@@H](CC(=O)O)C(=O)N(CCCl)c1ccc(NC(=O)OC(C)(C)C)cc1. The van der Waals surface area contributed by atoms with Gasteiger partial charge >= 0.3 is 18.0 Å². The Labute approximate surface area is 242 Å². The smallest absolute Gasteiger partial charge is 0.412 e. The zero-order valence-corrected chi connectivity index (χ0v) is 23.7. The van der Waals surface area contributed by atoms with Crippen molar-refractivity contribution in [1.29, 1.82) is 5.26 Å². The summed E-state index contributed by atoms with van der Waals surface area (Å²) in [5, 5.41) is 23.6. The number of rotatable bonds is 11. The number of ether oxygens (including phenoxy) is 2. The number of amides is 3. The van der Waals surface area contributed by atoms with Crippen molar-refractivity contribution in [3.05, 3.63) is 54.1 Å². The molecule has 3 amide bonds. The van der Waals surface area contributed by atoms with Crippen LogP contribution in [0.25, 0.3) is 0 Å². The minimum Gasteiger partial charge on any atom is -0.481 e. The van der Waals surface area contributed by atoms with Gasteiger partial charge in [-0.15, -0.1) is 11.6 Å². The van der Waals surface area contributed by atoms with Crippen LogP contribution in [0.1, 0.15) is 39.7 Å². The van der Waals surface area contributed by atoms with Crippen molar-refractivity contribution >= 4 is 58.5 Å². The van der Waals surface area contributed by atoms with Crippen LogP contribution in [0.2, 0.25) is 0 Å². The standard InChI is InChI=1S/C28H31ClN4O8/c1-17(34)40-24(25(37)31-19-7-5-18(16-30)6-8-19)22(15-23(35)36)26(38)33(14-13-29)21-11-9-20(10-12-21)32-27(39)41-28(2,3)4/h5-12,22,24H,13-15H2,1-4H3,(H,31,37)(H,32,39)(H,35,36)/t22-,24-/m1/s1. The molecule has 41 heavy (non-hydrogen) atoms. The molecule has 2 atom stereocenters. The molecule has 0 aromatic heterocycles. The summed E-state index contributed by atoms with van der Waals surface area (Å²) in [5.74, 6) is -5.75. The van der Waals surface area contributed by atoms with Crippen molar-refractivity contribution in [2.45, 2.75) is 45.8 Å². The van der Waals surface area contributed by atoms with Crippen molar-refractivity contribution in [2.75, 3.05) is 28.0 Å². The lowest BCUT2D eigenvalue weighted by Crippen LogP contribution is -2.48. The second-order valence-corrected chi connectivity index (χ2v) is 10.1. The molecule has 0 aliphatic rings. The molecule has 2 aromatic carbocycles. The number of carboxylic acid groups (broad SMARTS) is 1. The quantitative estimate of drug-likeness (QED) is 0.258. The molecular weight excluding hydrogens is 556 g/mol. The predicted molar refractivity (Wildman–Crippen MR) is 150 cm³/mol. The van der Waals surface area contributed by atoms with E-state index in [2.05, 4.69) is 10.6 Å². The van der Waals surface area contributed by atoms with Crippen molar-refractivity contribution in [3.8, 4) is 6.07 Å². The van der Waals surface area contributed by atoms with Crippen molar-refractivity contribution in [2.24, 2.45) is 5.92 Å². The first-order valence-electron chi connectivity index (χ1n) is 12.4. The van der Waals surface area contributed by atoms with Crippen LogP contribution < -0.4 is 15.5 Å². The Kier molecular flexibility index (Phi) is 11.7. The van der Waals surface area contributed by atoms with E-state index in [4.69, 9.17) is 26.3 Å². The summed E-state index contributed by atoms with van der Waals surface area (Å²) in [6, 6.07) is 13.7. The lowest BCUT2D eigenvalue weighted by atomic mass is 9.95. The van der Waals surface area contributed by atoms with Gasteiger partial charge in [0.25, 0.3) is 5.91 Å². The topological polar surface area (TPSA) is 175 Å². The number of nitrogens with one attached hydrogen (secondary N) is 2. The zero-order valence-electron chi connectivity index (χ0n) is 23.0. The van der Waals surface area contributed by atoms with E-state index in [9.17, 15) is 29.1 Å². The number of hydrogen-bond donors (Lipinski definition) is 3. The average molecular weight is 587 g/mol. The molecule has 0 fully saturated rings. The summed E-state index contributed by atoms with van der Waals surface area (Å²) >= 11 is 5.95. The third-order valence-electron chi connectivity index (χ3n) is 5.31. The summed E-state index contributed by atoms with van der Waals surface area (Å²) in [5.41, 5.74) is 0.510. The molecule has 0 aliphatic carbocycles. The highest BCUT2D eigenvalue weighted by atomic mass is 35.5. The van der Waals surface area contributed by atoms with Gasteiger partial charge in [-0.25, -0.2) is 4.79 Å². The Hall–Kier alpha value is -4.63. The van der Waals surface area contributed by atoms with E-state index in [0.29, 0.717) is 11.3 Å². The van der Waals surface area contributed by atoms with Crippen molar-refractivity contribution < 1.29 is 38.6 Å². The molecule has 0 aliphatic heterocycles. The molecule has 0 bridgehead atoms. The largest absolute Gasteiger partial charge is 0.481 e. The highest BCUT2D eigenvalue weighted by molar-refractivity contribution is 6.18. The van der Waals surface area contributed by atoms with Crippen LogP contribution in [0.4, 0.5) is 21.9 Å². The number of nitriles is 1. The Bertz CT molecular complexity index is 1300. The maximum absolute atomic E-state index is 13.8. The maximum Gasteiger partial charge on any atom is 0.412 e. The lowest BCUT2D eigenvalue weighted by Gasteiger charge is -2.30. The number of halogens is 1. The fourth-order valence-corrected chi connectivity index (χ4v) is 3.82. The molecule has 13 heteroatoms. The Morgan fingerprint density at radius 3 is 2.05 bits per heavy atom. The molecule has 2 aromatic rings. The first-order chi connectivity index (χ1) is 19.2. The minimum absolute atomic E-state index is 0.0425. The zero-order chi connectivity index (χ0) is 30.7. The molecule has 2 rings (SSSR count). The van der Waals surface area contributed by atoms with Gasteiger partial charge in [0.2, 0.25) is 5.91 Å². The molecule has 0 radical (unpaired) electrons. The first-order valence-corrected chi connectivity index (χ1v) is 12.9. The number of alkyl halides is 1. The van der Waals surface area contributed by atoms with Gasteiger partial charge in [0, 0.05) is 36.4 Å². The Morgan fingerprint density at radius 2 is 1.56 bits per heavy atom. The molecule has 3 N–H and O–H groups in total. The summed E-state index contributed by atoms with van der Waals surface area (Å²) in [6.45, 7) is 6.10. The van der Waals surface area contributed by atoms with Crippen molar-refractivity contribution in [3.63, 3.8) is 0 Å². The first kappa shape index (κ1) is 32.6. The minimum atomic E-state index is -1.81. The second kappa shape index (κ2) is 14.7. The van der Waals surface area contributed by atoms with Gasteiger partial charge in [-0.05, 0) is 69.3 Å². The summed E-state index contributed by atoms with van der Waals surface area (Å²) in [6.07, 6.45) is -3.33. The normalized spacial score (nSPS) is 12.2. The number of carbonyl (C=O) groups is 5. The van der Waals surface area contributed by atoms with E-state index in [0.717, 1.165) is 6.92 Å². The highest BCUT2D eigenvalue weighted by Gasteiger charge is 2.40. The van der Waals surface area contributed by atoms with Gasteiger partial charge in [-0.3, -0.25) is 24.5 Å². The van der Waals surface area contributed by atoms with Crippen LogP contribution in [-0.4, -0.2) is 59.1 Å². The van der Waals surface area contributed by atoms with E-state index >= 15 is 0 Å². The number of aliphatic carboxylic acids is 1. The fourth-order valence-electron chi connectivity index (χ4n) is 3.65. The Balaban J connectivity index is 2.38. The van der Waals surface area contributed by atoms with E-state index in [1.54, 1.807) is 20.8 Å². The maximum atomic E-state index is 13.8. The van der Waals surface area contributed by atoms with Gasteiger partial charge in [-0.2, -0.15) is 5.26 Å². The van der Waals surface area contributed by atoms with Crippen LogP contribution in [-0.2, 0) is 28.7 Å². The molecule has 12 nitrogen and oxygen atoms in total. The third kappa shape index (κ3) is 10.5.